The Hall–Kier alpha value is -2.60. The monoisotopic (exact) mass is 327 g/mol. The van der Waals surface area contributed by atoms with Crippen molar-refractivity contribution in [1.29, 1.82) is 0 Å². The van der Waals surface area contributed by atoms with Crippen molar-refractivity contribution in [3.05, 3.63) is 48.5 Å². The van der Waals surface area contributed by atoms with E-state index in [-0.39, 0.29) is 0 Å². The molecule has 0 unspecified atom stereocenters. The molecule has 1 amide bonds. The Bertz CT molecular complexity index is 830. The minimum atomic E-state index is -0.835. The first-order chi connectivity index (χ1) is 11.2. The maximum Gasteiger partial charge on any atom is 0.411 e. The van der Waals surface area contributed by atoms with Crippen LogP contribution >= 0.6 is 11.8 Å². The molecule has 6 heteroatoms. The maximum atomic E-state index is 11.2. The minimum absolute atomic E-state index is 0.370. The van der Waals surface area contributed by atoms with Crippen LogP contribution in [0, 0.1) is 0 Å². The molecule has 0 radical (unpaired) electrons. The van der Waals surface area contributed by atoms with Gasteiger partial charge in [-0.1, -0.05) is 30.0 Å². The summed E-state index contributed by atoms with van der Waals surface area (Å²) < 4.78 is 5.14. The number of aromatic amines is 1. The molecule has 5 nitrogen and oxygen atoms in total. The van der Waals surface area contributed by atoms with E-state index in [4.69, 9.17) is 10.5 Å². The van der Waals surface area contributed by atoms with Crippen LogP contribution in [-0.4, -0.2) is 17.6 Å². The van der Waals surface area contributed by atoms with Crippen molar-refractivity contribution in [2.24, 2.45) is 5.73 Å². The molecule has 0 aliphatic rings. The highest BCUT2D eigenvalue weighted by Gasteiger charge is 2.16. The number of nitrogens with one attached hydrogen (secondary N) is 2. The first-order valence-electron chi connectivity index (χ1n) is 7.27. The van der Waals surface area contributed by atoms with Gasteiger partial charge in [0.1, 0.15) is 0 Å². The Morgan fingerprint density at radius 1 is 1.26 bits per heavy atom. The number of anilines is 1. The van der Waals surface area contributed by atoms with E-state index in [2.05, 4.69) is 10.3 Å². The Kier molecular flexibility index (Phi) is 4.43. The smallest absolute Gasteiger partial charge is 0.392 e. The van der Waals surface area contributed by atoms with Gasteiger partial charge in [-0.2, -0.15) is 0 Å². The Morgan fingerprint density at radius 3 is 2.74 bits per heavy atom. The quantitative estimate of drug-likeness (QED) is 0.656. The molecule has 0 atom stereocenters. The summed E-state index contributed by atoms with van der Waals surface area (Å²) in [5.41, 5.74) is 7.09. The fourth-order valence-electron chi connectivity index (χ4n) is 2.34. The van der Waals surface area contributed by atoms with Gasteiger partial charge < -0.3 is 20.8 Å². The molecular weight excluding hydrogens is 310 g/mol. The van der Waals surface area contributed by atoms with E-state index in [1.165, 1.54) is 11.8 Å². The fourth-order valence-corrected chi connectivity index (χ4v) is 3.33. The predicted octanol–water partition coefficient (Wildman–Crippen LogP) is 4.21. The number of hydrogen-bond acceptors (Lipinski definition) is 4. The van der Waals surface area contributed by atoms with Crippen LogP contribution in [0.25, 0.3) is 10.9 Å². The minimum Gasteiger partial charge on any atom is -0.392 e. The second-order valence-electron chi connectivity index (χ2n) is 4.91. The van der Waals surface area contributed by atoms with Crippen LogP contribution in [0.1, 0.15) is 6.92 Å². The van der Waals surface area contributed by atoms with Gasteiger partial charge in [0.05, 0.1) is 4.90 Å². The lowest BCUT2D eigenvalue weighted by molar-refractivity contribution is 0.208. The zero-order valence-corrected chi connectivity index (χ0v) is 13.4. The number of H-pyrrole nitrogens is 1. The molecule has 0 spiro atoms. The number of nitrogens with two attached hydrogens (primary N) is 1. The van der Waals surface area contributed by atoms with Gasteiger partial charge in [-0.3, -0.25) is 0 Å². The number of primary amides is 1. The van der Waals surface area contributed by atoms with Crippen molar-refractivity contribution in [3.8, 4) is 5.88 Å². The van der Waals surface area contributed by atoms with Gasteiger partial charge in [0, 0.05) is 28.0 Å². The molecule has 3 rings (SSSR count). The van der Waals surface area contributed by atoms with Crippen LogP contribution in [0.5, 0.6) is 5.88 Å². The molecule has 0 fully saturated rings. The summed E-state index contributed by atoms with van der Waals surface area (Å²) >= 11 is 1.53. The third-order valence-electron chi connectivity index (χ3n) is 3.27. The Morgan fingerprint density at radius 2 is 2.04 bits per heavy atom. The number of ether oxygens (including phenoxy) is 1. The first kappa shape index (κ1) is 15.3. The number of hydrogen-bond donors (Lipinski definition) is 3. The lowest BCUT2D eigenvalue weighted by Gasteiger charge is -2.05. The molecule has 2 aromatic carbocycles. The van der Waals surface area contributed by atoms with Gasteiger partial charge in [-0.15, -0.1) is 0 Å². The number of fused-ring (bicyclic) bond motifs is 1. The number of amides is 1. The van der Waals surface area contributed by atoms with Crippen LogP contribution in [-0.2, 0) is 0 Å². The zero-order valence-electron chi connectivity index (χ0n) is 12.6. The molecule has 118 valence electrons. The van der Waals surface area contributed by atoms with Gasteiger partial charge in [0.25, 0.3) is 0 Å². The highest BCUT2D eigenvalue weighted by Crippen LogP contribution is 2.41. The number of aromatic nitrogens is 1. The first-order valence-corrected chi connectivity index (χ1v) is 8.09. The van der Waals surface area contributed by atoms with Gasteiger partial charge in [0.15, 0.2) is 0 Å². The van der Waals surface area contributed by atoms with E-state index in [1.807, 2.05) is 55.5 Å². The Labute approximate surface area is 138 Å². The third-order valence-corrected chi connectivity index (χ3v) is 4.38. The summed E-state index contributed by atoms with van der Waals surface area (Å²) in [5, 5.41) is 4.27. The number of rotatable bonds is 5. The second kappa shape index (κ2) is 6.66. The number of carbonyl (C=O) groups excluding carboxylic acids is 1. The molecule has 0 saturated carbocycles. The third kappa shape index (κ3) is 3.43. The van der Waals surface area contributed by atoms with Gasteiger partial charge in [-0.05, 0) is 37.3 Å². The molecular formula is C17H17N3O2S. The van der Waals surface area contributed by atoms with Gasteiger partial charge in [-0.25, -0.2) is 4.79 Å². The van der Waals surface area contributed by atoms with Crippen LogP contribution in [0.3, 0.4) is 0 Å². The van der Waals surface area contributed by atoms with E-state index >= 15 is 0 Å². The molecule has 0 bridgehead atoms. The van der Waals surface area contributed by atoms with Crippen molar-refractivity contribution in [2.75, 3.05) is 11.9 Å². The zero-order chi connectivity index (χ0) is 16.2. The molecule has 1 aromatic heterocycles. The van der Waals surface area contributed by atoms with Crippen molar-refractivity contribution in [2.45, 2.75) is 16.7 Å². The Balaban J connectivity index is 2.09. The summed E-state index contributed by atoms with van der Waals surface area (Å²) in [7, 11) is 0. The average Bonchev–Trinajstić information content (AvgIpc) is 2.85. The summed E-state index contributed by atoms with van der Waals surface area (Å²) in [6.07, 6.45) is -0.835. The van der Waals surface area contributed by atoms with Crippen LogP contribution < -0.4 is 15.8 Å². The number of benzene rings is 2. The van der Waals surface area contributed by atoms with E-state index < -0.39 is 6.09 Å². The van der Waals surface area contributed by atoms with E-state index in [0.717, 1.165) is 32.9 Å². The summed E-state index contributed by atoms with van der Waals surface area (Å²) in [6.45, 7) is 2.88. The number of carbonyl (C=O) groups is 1. The van der Waals surface area contributed by atoms with Gasteiger partial charge >= 0.3 is 6.09 Å². The van der Waals surface area contributed by atoms with Crippen LogP contribution in [0.4, 0.5) is 10.5 Å². The van der Waals surface area contributed by atoms with Crippen LogP contribution in [0.2, 0.25) is 0 Å². The molecule has 3 aromatic rings. The summed E-state index contributed by atoms with van der Waals surface area (Å²) in [5.74, 6) is 0.370. The van der Waals surface area contributed by atoms with Gasteiger partial charge in [0.2, 0.25) is 5.88 Å². The second-order valence-corrected chi connectivity index (χ2v) is 5.99. The SMILES string of the molecule is CCNc1ccc2[nH]c(OC(N)=O)c(Sc3ccccc3)c2c1. The van der Waals surface area contributed by atoms with Crippen molar-refractivity contribution < 1.29 is 9.53 Å². The standard InChI is InChI=1S/C17H17N3O2S/c1-2-19-11-8-9-14-13(10-11)15(16(20-14)22-17(18)21)23-12-6-4-3-5-7-12/h3-10,19-20H,2H2,1H3,(H2,18,21). The topological polar surface area (TPSA) is 80.1 Å². The normalized spacial score (nSPS) is 10.7. The summed E-state index contributed by atoms with van der Waals surface area (Å²) in [6, 6.07) is 15.9. The lowest BCUT2D eigenvalue weighted by Crippen LogP contribution is -2.16. The van der Waals surface area contributed by atoms with E-state index in [9.17, 15) is 4.79 Å². The van der Waals surface area contributed by atoms with E-state index in [1.54, 1.807) is 0 Å². The average molecular weight is 327 g/mol. The molecule has 23 heavy (non-hydrogen) atoms. The predicted molar refractivity (Wildman–Crippen MR) is 93.2 cm³/mol. The summed E-state index contributed by atoms with van der Waals surface area (Å²) in [4.78, 5) is 16.2. The molecule has 4 N–H and O–H groups in total. The maximum absolute atomic E-state index is 11.2. The van der Waals surface area contributed by atoms with Crippen molar-refractivity contribution in [1.82, 2.24) is 4.98 Å². The molecule has 0 saturated heterocycles. The van der Waals surface area contributed by atoms with Crippen molar-refractivity contribution in [3.63, 3.8) is 0 Å². The van der Waals surface area contributed by atoms with E-state index in [0.29, 0.717) is 5.88 Å². The molecule has 1 heterocycles. The molecule has 0 aliphatic heterocycles. The lowest BCUT2D eigenvalue weighted by atomic mass is 10.2. The highest BCUT2D eigenvalue weighted by atomic mass is 32.2. The van der Waals surface area contributed by atoms with Crippen LogP contribution in [0.15, 0.2) is 58.3 Å². The fraction of sp³-hybridized carbons (Fsp3) is 0.118. The highest BCUT2D eigenvalue weighted by molar-refractivity contribution is 7.99. The largest absolute Gasteiger partial charge is 0.411 e. The molecule has 0 aliphatic carbocycles. The van der Waals surface area contributed by atoms with Crippen molar-refractivity contribution >= 4 is 34.4 Å².